The van der Waals surface area contributed by atoms with Crippen molar-refractivity contribution in [2.24, 2.45) is 0 Å². The van der Waals surface area contributed by atoms with Crippen LogP contribution in [0.5, 0.6) is 0 Å². The van der Waals surface area contributed by atoms with E-state index < -0.39 is 0 Å². The second-order valence-corrected chi connectivity index (χ2v) is 8.04. The Kier molecular flexibility index (Phi) is 6.06. The van der Waals surface area contributed by atoms with E-state index in [1.54, 1.807) is 0 Å². The molecule has 0 unspecified atom stereocenters. The Balaban J connectivity index is 1.40. The van der Waals surface area contributed by atoms with Crippen molar-refractivity contribution in [1.29, 1.82) is 0 Å². The molecule has 2 aromatic rings. The lowest BCUT2D eigenvalue weighted by Crippen LogP contribution is -2.48. The van der Waals surface area contributed by atoms with Crippen LogP contribution >= 0.6 is 0 Å². The summed E-state index contributed by atoms with van der Waals surface area (Å²) in [7, 11) is 2.09. The highest BCUT2D eigenvalue weighted by Gasteiger charge is 2.24. The number of nitrogens with zero attached hydrogens (tertiary/aromatic N) is 6. The minimum absolute atomic E-state index is 0.0209. The normalized spacial score (nSPS) is 18.8. The fraction of sp³-hybridized carbons (Fsp3) is 0.500. The van der Waals surface area contributed by atoms with E-state index >= 15 is 0 Å². The third kappa shape index (κ3) is 4.92. The molecule has 0 aliphatic carbocycles. The van der Waals surface area contributed by atoms with Crippen molar-refractivity contribution in [2.75, 3.05) is 64.3 Å². The molecule has 2 aliphatic rings. The lowest BCUT2D eigenvalue weighted by molar-refractivity contribution is 0.0658. The van der Waals surface area contributed by atoms with Crippen molar-refractivity contribution >= 4 is 11.9 Å². The molecule has 1 amide bonds. The number of hydrogen-bond acceptors (Lipinski definition) is 6. The monoisotopic (exact) mass is 394 g/mol. The Labute approximate surface area is 172 Å². The zero-order chi connectivity index (χ0) is 20.2. The zero-order valence-corrected chi connectivity index (χ0v) is 17.4. The Morgan fingerprint density at radius 1 is 0.931 bits per heavy atom. The Hall–Kier alpha value is -2.51. The van der Waals surface area contributed by atoms with Gasteiger partial charge in [0, 0.05) is 64.6 Å². The molecule has 3 heterocycles. The van der Waals surface area contributed by atoms with Gasteiger partial charge in [0.1, 0.15) is 5.69 Å². The van der Waals surface area contributed by atoms with E-state index in [2.05, 4.69) is 62.0 Å². The van der Waals surface area contributed by atoms with Crippen LogP contribution in [-0.4, -0.2) is 90.0 Å². The number of hydrogen-bond donors (Lipinski definition) is 0. The number of carbonyl (C=O) groups excluding carboxylic acids is 1. The molecule has 2 aliphatic heterocycles. The number of likely N-dealkylation sites (N-methyl/N-ethyl adjacent to an activating group) is 1. The van der Waals surface area contributed by atoms with Crippen LogP contribution in [0.15, 0.2) is 36.4 Å². The maximum absolute atomic E-state index is 12.9. The molecule has 1 aromatic carbocycles. The van der Waals surface area contributed by atoms with Gasteiger partial charge in [-0.05, 0) is 25.6 Å². The smallest absolute Gasteiger partial charge is 0.272 e. The molecular weight excluding hydrogens is 364 g/mol. The van der Waals surface area contributed by atoms with Crippen molar-refractivity contribution < 1.29 is 4.79 Å². The second-order valence-electron chi connectivity index (χ2n) is 8.04. The Morgan fingerprint density at radius 3 is 2.31 bits per heavy atom. The van der Waals surface area contributed by atoms with Crippen molar-refractivity contribution in [1.82, 2.24) is 24.7 Å². The van der Waals surface area contributed by atoms with E-state index in [0.717, 1.165) is 64.6 Å². The van der Waals surface area contributed by atoms with Crippen molar-refractivity contribution in [3.63, 3.8) is 0 Å². The second kappa shape index (κ2) is 8.88. The molecule has 2 saturated heterocycles. The van der Waals surface area contributed by atoms with Crippen LogP contribution in [0, 0.1) is 6.92 Å². The first kappa shape index (κ1) is 19.8. The molecule has 0 atom stereocenters. The van der Waals surface area contributed by atoms with E-state index in [4.69, 9.17) is 0 Å². The first-order valence-corrected chi connectivity index (χ1v) is 10.4. The summed E-state index contributed by atoms with van der Waals surface area (Å²) in [6.07, 6.45) is 0. The molecule has 0 radical (unpaired) electrons. The number of carbonyl (C=O) groups is 1. The number of anilines is 1. The highest BCUT2D eigenvalue weighted by molar-refractivity contribution is 5.92. The van der Waals surface area contributed by atoms with Crippen LogP contribution in [0.3, 0.4) is 0 Å². The summed E-state index contributed by atoms with van der Waals surface area (Å²) in [5, 5.41) is 0. The fourth-order valence-electron chi connectivity index (χ4n) is 3.92. The van der Waals surface area contributed by atoms with Crippen LogP contribution in [-0.2, 0) is 6.54 Å². The van der Waals surface area contributed by atoms with Gasteiger partial charge in [0.15, 0.2) is 0 Å². The third-order valence-electron chi connectivity index (χ3n) is 5.76. The molecule has 7 heteroatoms. The molecule has 0 saturated carbocycles. The van der Waals surface area contributed by atoms with E-state index in [-0.39, 0.29) is 5.91 Å². The van der Waals surface area contributed by atoms with Gasteiger partial charge < -0.3 is 14.7 Å². The molecular formula is C22H30N6O. The number of aryl methyl sites for hydroxylation is 1. The highest BCUT2D eigenvalue weighted by atomic mass is 16.2. The molecule has 7 nitrogen and oxygen atoms in total. The molecule has 0 spiro atoms. The van der Waals surface area contributed by atoms with Gasteiger partial charge in [-0.25, -0.2) is 9.97 Å². The van der Waals surface area contributed by atoms with E-state index in [1.807, 2.05) is 17.9 Å². The number of aromatic nitrogens is 2. The number of piperazine rings is 2. The van der Waals surface area contributed by atoms with Gasteiger partial charge in [-0.3, -0.25) is 9.69 Å². The van der Waals surface area contributed by atoms with Gasteiger partial charge >= 0.3 is 0 Å². The fourth-order valence-corrected chi connectivity index (χ4v) is 3.92. The van der Waals surface area contributed by atoms with Gasteiger partial charge in [-0.15, -0.1) is 0 Å². The lowest BCUT2D eigenvalue weighted by atomic mass is 10.2. The average molecular weight is 395 g/mol. The summed E-state index contributed by atoms with van der Waals surface area (Å²) >= 11 is 0. The van der Waals surface area contributed by atoms with Crippen molar-refractivity contribution in [3.05, 3.63) is 53.3 Å². The average Bonchev–Trinajstić information content (AvgIpc) is 2.75. The third-order valence-corrected chi connectivity index (χ3v) is 5.76. The van der Waals surface area contributed by atoms with Gasteiger partial charge in [-0.2, -0.15) is 0 Å². The summed E-state index contributed by atoms with van der Waals surface area (Å²) in [4.78, 5) is 31.0. The summed E-state index contributed by atoms with van der Waals surface area (Å²) < 4.78 is 0. The number of rotatable bonds is 4. The van der Waals surface area contributed by atoms with Crippen LogP contribution in [0.1, 0.15) is 21.7 Å². The predicted molar refractivity (Wildman–Crippen MR) is 114 cm³/mol. The zero-order valence-electron chi connectivity index (χ0n) is 17.4. The quantitative estimate of drug-likeness (QED) is 0.783. The highest BCUT2D eigenvalue weighted by Crippen LogP contribution is 2.16. The Morgan fingerprint density at radius 2 is 1.62 bits per heavy atom. The Bertz CT molecular complexity index is 826. The largest absolute Gasteiger partial charge is 0.338 e. The molecule has 0 bridgehead atoms. The van der Waals surface area contributed by atoms with Crippen molar-refractivity contribution in [2.45, 2.75) is 13.5 Å². The SMILES string of the molecule is Cc1cc(C(=O)N2CCN(C)CC2)nc(N2CCN(Cc3ccccc3)CC2)n1. The molecule has 29 heavy (non-hydrogen) atoms. The van der Waals surface area contributed by atoms with Crippen LogP contribution < -0.4 is 4.90 Å². The first-order chi connectivity index (χ1) is 14.1. The van der Waals surface area contributed by atoms with E-state index in [9.17, 15) is 4.79 Å². The summed E-state index contributed by atoms with van der Waals surface area (Å²) in [5.74, 6) is 0.703. The van der Waals surface area contributed by atoms with Gasteiger partial charge in [0.2, 0.25) is 5.95 Å². The summed E-state index contributed by atoms with van der Waals surface area (Å²) in [6.45, 7) is 9.92. The number of benzene rings is 1. The maximum Gasteiger partial charge on any atom is 0.272 e. The standard InChI is InChI=1S/C22H30N6O/c1-18-16-20(21(29)27-12-8-25(2)9-13-27)24-22(23-18)28-14-10-26(11-15-28)17-19-6-4-3-5-7-19/h3-7,16H,8-15,17H2,1-2H3. The van der Waals surface area contributed by atoms with Crippen LogP contribution in [0.4, 0.5) is 5.95 Å². The van der Waals surface area contributed by atoms with Crippen LogP contribution in [0.2, 0.25) is 0 Å². The maximum atomic E-state index is 12.9. The van der Waals surface area contributed by atoms with Crippen LogP contribution in [0.25, 0.3) is 0 Å². The summed E-state index contributed by atoms with van der Waals surface area (Å²) in [6, 6.07) is 12.4. The van der Waals surface area contributed by atoms with E-state index in [0.29, 0.717) is 11.6 Å². The molecule has 2 fully saturated rings. The molecule has 0 N–H and O–H groups in total. The topological polar surface area (TPSA) is 55.8 Å². The number of amides is 1. The molecule has 154 valence electrons. The minimum atomic E-state index is 0.0209. The summed E-state index contributed by atoms with van der Waals surface area (Å²) in [5.41, 5.74) is 2.70. The van der Waals surface area contributed by atoms with E-state index in [1.165, 1.54) is 5.56 Å². The molecule has 1 aromatic heterocycles. The predicted octanol–water partition coefficient (Wildman–Crippen LogP) is 1.49. The van der Waals surface area contributed by atoms with Gasteiger partial charge in [-0.1, -0.05) is 30.3 Å². The lowest BCUT2D eigenvalue weighted by Gasteiger charge is -2.35. The first-order valence-electron chi connectivity index (χ1n) is 10.4. The molecule has 4 rings (SSSR count). The van der Waals surface area contributed by atoms with Gasteiger partial charge in [0.05, 0.1) is 0 Å². The van der Waals surface area contributed by atoms with Gasteiger partial charge in [0.25, 0.3) is 5.91 Å². The minimum Gasteiger partial charge on any atom is -0.338 e. The van der Waals surface area contributed by atoms with Crippen molar-refractivity contribution in [3.8, 4) is 0 Å².